The zero-order valence-electron chi connectivity index (χ0n) is 12.9. The van der Waals surface area contributed by atoms with Gasteiger partial charge in [0.1, 0.15) is 0 Å². The van der Waals surface area contributed by atoms with E-state index < -0.39 is 0 Å². The van der Waals surface area contributed by atoms with Crippen LogP contribution in [-0.4, -0.2) is 34.6 Å². The molecule has 0 unspecified atom stereocenters. The molecule has 1 N–H and O–H groups in total. The Morgan fingerprint density at radius 1 is 1.50 bits per heavy atom. The highest BCUT2D eigenvalue weighted by Crippen LogP contribution is 2.02. The maximum Gasteiger partial charge on any atom is 0.260 e. The molecule has 0 atom stereocenters. The van der Waals surface area contributed by atoms with Crippen LogP contribution in [0.2, 0.25) is 0 Å². The predicted octanol–water partition coefficient (Wildman–Crippen LogP) is 1.66. The van der Waals surface area contributed by atoms with Crippen molar-refractivity contribution in [2.45, 2.75) is 41.2 Å². The topological polar surface area (TPSA) is 68.5 Å². The van der Waals surface area contributed by atoms with Gasteiger partial charge in [-0.3, -0.25) is 9.48 Å². The van der Waals surface area contributed by atoms with Gasteiger partial charge >= 0.3 is 0 Å². The quantitative estimate of drug-likeness (QED) is 0.610. The van der Waals surface area contributed by atoms with Gasteiger partial charge in [-0.15, -0.1) is 0 Å². The van der Waals surface area contributed by atoms with Crippen molar-refractivity contribution in [1.29, 1.82) is 0 Å². The summed E-state index contributed by atoms with van der Waals surface area (Å²) >= 11 is 0. The van der Waals surface area contributed by atoms with Crippen LogP contribution in [0.25, 0.3) is 0 Å². The van der Waals surface area contributed by atoms with Crippen molar-refractivity contribution in [2.24, 2.45) is 11.1 Å². The highest BCUT2D eigenvalue weighted by atomic mass is 16.6. The van der Waals surface area contributed by atoms with Gasteiger partial charge in [-0.1, -0.05) is 19.0 Å². The molecule has 1 rings (SSSR count). The molecule has 1 heterocycles. The first-order chi connectivity index (χ1) is 9.38. The summed E-state index contributed by atoms with van der Waals surface area (Å²) in [7, 11) is 0. The van der Waals surface area contributed by atoms with Crippen molar-refractivity contribution in [3.63, 3.8) is 0 Å². The van der Waals surface area contributed by atoms with Gasteiger partial charge in [0, 0.05) is 12.2 Å². The van der Waals surface area contributed by atoms with Crippen LogP contribution in [0.1, 0.15) is 32.2 Å². The first-order valence-electron chi connectivity index (χ1n) is 6.81. The van der Waals surface area contributed by atoms with Crippen LogP contribution in [0.3, 0.4) is 0 Å². The van der Waals surface area contributed by atoms with Crippen LogP contribution in [0, 0.1) is 19.8 Å². The molecule has 0 fully saturated rings. The van der Waals surface area contributed by atoms with Gasteiger partial charge in [-0.05, 0) is 32.8 Å². The fourth-order valence-electron chi connectivity index (χ4n) is 1.65. The van der Waals surface area contributed by atoms with E-state index in [9.17, 15) is 4.79 Å². The van der Waals surface area contributed by atoms with Gasteiger partial charge in [0.05, 0.1) is 18.0 Å². The number of nitrogens with one attached hydrogen (secondary N) is 1. The molecule has 0 aliphatic carbocycles. The molecule has 1 amide bonds. The number of aryl methyl sites for hydroxylation is 2. The lowest BCUT2D eigenvalue weighted by Crippen LogP contribution is -2.30. The third kappa shape index (κ3) is 5.86. The predicted molar refractivity (Wildman–Crippen MR) is 78.6 cm³/mol. The van der Waals surface area contributed by atoms with Crippen molar-refractivity contribution in [3.05, 3.63) is 17.5 Å². The van der Waals surface area contributed by atoms with Crippen LogP contribution >= 0.6 is 0 Å². The van der Waals surface area contributed by atoms with Gasteiger partial charge in [-0.2, -0.15) is 5.10 Å². The number of hydrogen-bond acceptors (Lipinski definition) is 4. The summed E-state index contributed by atoms with van der Waals surface area (Å²) in [6, 6.07) is 2.01. The lowest BCUT2D eigenvalue weighted by Gasteiger charge is -2.07. The molecule has 0 aromatic carbocycles. The zero-order chi connectivity index (χ0) is 15.1. The average molecular weight is 280 g/mol. The monoisotopic (exact) mass is 280 g/mol. The molecule has 0 aliphatic heterocycles. The van der Waals surface area contributed by atoms with Crippen LogP contribution in [0.5, 0.6) is 0 Å². The fourth-order valence-corrected chi connectivity index (χ4v) is 1.65. The average Bonchev–Trinajstić information content (AvgIpc) is 2.65. The Kier molecular flexibility index (Phi) is 6.21. The van der Waals surface area contributed by atoms with Crippen LogP contribution in [-0.2, 0) is 16.2 Å². The van der Waals surface area contributed by atoms with E-state index in [0.717, 1.165) is 17.1 Å². The Hall–Kier alpha value is -1.85. The zero-order valence-corrected chi connectivity index (χ0v) is 12.9. The van der Waals surface area contributed by atoms with E-state index in [0.29, 0.717) is 19.0 Å². The van der Waals surface area contributed by atoms with Gasteiger partial charge in [0.25, 0.3) is 5.91 Å². The lowest BCUT2D eigenvalue weighted by atomic mass is 10.2. The molecule has 0 aliphatic rings. The van der Waals surface area contributed by atoms with E-state index in [-0.39, 0.29) is 12.5 Å². The minimum absolute atomic E-state index is 0.0544. The maximum absolute atomic E-state index is 11.4. The van der Waals surface area contributed by atoms with Crippen molar-refractivity contribution >= 4 is 11.6 Å². The summed E-state index contributed by atoms with van der Waals surface area (Å²) in [6.45, 7) is 11.0. The molecule has 112 valence electrons. The summed E-state index contributed by atoms with van der Waals surface area (Å²) < 4.78 is 1.86. The smallest absolute Gasteiger partial charge is 0.260 e. The maximum atomic E-state index is 11.4. The number of carbonyl (C=O) groups excluding carboxylic acids is 1. The van der Waals surface area contributed by atoms with Gasteiger partial charge in [0.15, 0.2) is 6.61 Å². The first-order valence-corrected chi connectivity index (χ1v) is 6.81. The third-order valence-corrected chi connectivity index (χ3v) is 2.61. The van der Waals surface area contributed by atoms with Crippen LogP contribution < -0.4 is 5.32 Å². The van der Waals surface area contributed by atoms with E-state index in [2.05, 4.69) is 15.6 Å². The highest BCUT2D eigenvalue weighted by Gasteiger charge is 2.04. The second-order valence-corrected chi connectivity index (χ2v) is 5.38. The summed E-state index contributed by atoms with van der Waals surface area (Å²) in [5, 5.41) is 11.0. The molecule has 20 heavy (non-hydrogen) atoms. The van der Waals surface area contributed by atoms with E-state index in [1.54, 1.807) is 0 Å². The molecular formula is C14H24N4O2. The molecule has 1 aromatic heterocycles. The SMILES string of the molecule is C/C(Cn1nc(C)cc1C)=N\OCC(=O)NCC(C)C. The Labute approximate surface area is 120 Å². The lowest BCUT2D eigenvalue weighted by molar-refractivity contribution is -0.125. The van der Waals surface area contributed by atoms with Crippen molar-refractivity contribution in [1.82, 2.24) is 15.1 Å². The first kappa shape index (κ1) is 16.2. The molecule has 6 heteroatoms. The molecule has 6 nitrogen and oxygen atoms in total. The molecule has 0 spiro atoms. The fraction of sp³-hybridized carbons (Fsp3) is 0.643. The Bertz CT molecular complexity index is 478. The third-order valence-electron chi connectivity index (χ3n) is 2.61. The van der Waals surface area contributed by atoms with Crippen LogP contribution in [0.15, 0.2) is 11.2 Å². The molecule has 0 saturated carbocycles. The Morgan fingerprint density at radius 3 is 2.75 bits per heavy atom. The van der Waals surface area contributed by atoms with E-state index in [1.807, 2.05) is 45.4 Å². The summed E-state index contributed by atoms with van der Waals surface area (Å²) in [5.74, 6) is 0.275. The number of amides is 1. The number of rotatable bonds is 7. The van der Waals surface area contributed by atoms with E-state index in [4.69, 9.17) is 4.84 Å². The van der Waals surface area contributed by atoms with Crippen molar-refractivity contribution in [3.8, 4) is 0 Å². The Morgan fingerprint density at radius 2 is 2.20 bits per heavy atom. The largest absolute Gasteiger partial charge is 0.386 e. The molecule has 0 bridgehead atoms. The number of oxime groups is 1. The van der Waals surface area contributed by atoms with Crippen molar-refractivity contribution in [2.75, 3.05) is 13.2 Å². The Balaban J connectivity index is 2.35. The van der Waals surface area contributed by atoms with E-state index in [1.165, 1.54) is 0 Å². The van der Waals surface area contributed by atoms with Crippen molar-refractivity contribution < 1.29 is 9.63 Å². The standard InChI is InChI=1S/C14H24N4O2/c1-10(2)7-15-14(19)9-20-17-12(4)8-18-13(5)6-11(3)16-18/h6,10H,7-9H2,1-5H3,(H,15,19)/b17-12+. The van der Waals surface area contributed by atoms with Gasteiger partial charge in [0.2, 0.25) is 0 Å². The van der Waals surface area contributed by atoms with Crippen LogP contribution in [0.4, 0.5) is 0 Å². The molecule has 1 aromatic rings. The summed E-state index contributed by atoms with van der Waals surface area (Å²) in [4.78, 5) is 16.5. The summed E-state index contributed by atoms with van der Waals surface area (Å²) in [5.41, 5.74) is 2.82. The molecule has 0 saturated heterocycles. The second-order valence-electron chi connectivity index (χ2n) is 5.38. The minimum atomic E-state index is -0.152. The second kappa shape index (κ2) is 7.67. The van der Waals surface area contributed by atoms with Gasteiger partial charge < -0.3 is 10.2 Å². The highest BCUT2D eigenvalue weighted by molar-refractivity contribution is 5.81. The number of nitrogens with zero attached hydrogens (tertiary/aromatic N) is 3. The minimum Gasteiger partial charge on any atom is -0.386 e. The normalized spacial score (nSPS) is 11.8. The number of carbonyl (C=O) groups is 1. The number of hydrogen-bond donors (Lipinski definition) is 1. The van der Waals surface area contributed by atoms with E-state index >= 15 is 0 Å². The molecule has 0 radical (unpaired) electrons. The number of aromatic nitrogens is 2. The van der Waals surface area contributed by atoms with Gasteiger partial charge in [-0.25, -0.2) is 0 Å². The summed E-state index contributed by atoms with van der Waals surface area (Å²) in [6.07, 6.45) is 0. The molecular weight excluding hydrogens is 256 g/mol.